The van der Waals surface area contributed by atoms with Crippen LogP contribution in [0.3, 0.4) is 0 Å². The zero-order valence-electron chi connectivity index (χ0n) is 15.4. The molecule has 1 aromatic carbocycles. The molecule has 2 N–H and O–H groups in total. The summed E-state index contributed by atoms with van der Waals surface area (Å²) in [5, 5.41) is 5.72. The SMILES string of the molecule is CCOc1cccc(NC(=O)[C@@H]2CO[C@H](CNC(=O)c3cc(C)sn3)C2)c1. The molecule has 2 amide bonds. The largest absolute Gasteiger partial charge is 0.494 e. The molecule has 27 heavy (non-hydrogen) atoms. The first-order valence-electron chi connectivity index (χ1n) is 8.92. The van der Waals surface area contributed by atoms with Crippen molar-refractivity contribution in [3.8, 4) is 5.75 Å². The quantitative estimate of drug-likeness (QED) is 0.760. The smallest absolute Gasteiger partial charge is 0.271 e. The summed E-state index contributed by atoms with van der Waals surface area (Å²) in [7, 11) is 0. The lowest BCUT2D eigenvalue weighted by atomic mass is 10.0. The molecule has 0 spiro atoms. The Hall–Kier alpha value is -2.45. The normalized spacial score (nSPS) is 18.9. The molecule has 1 saturated heterocycles. The third kappa shape index (κ3) is 5.27. The molecular weight excluding hydrogens is 366 g/mol. The number of carbonyl (C=O) groups excluding carboxylic acids is 2. The van der Waals surface area contributed by atoms with Gasteiger partial charge in [-0.3, -0.25) is 9.59 Å². The van der Waals surface area contributed by atoms with Gasteiger partial charge in [-0.25, -0.2) is 0 Å². The molecule has 144 valence electrons. The van der Waals surface area contributed by atoms with Gasteiger partial charge in [-0.2, -0.15) is 4.37 Å². The average Bonchev–Trinajstić information content (AvgIpc) is 3.29. The fourth-order valence-corrected chi connectivity index (χ4v) is 3.42. The first kappa shape index (κ1) is 19.3. The molecule has 0 unspecified atom stereocenters. The molecular formula is C19H23N3O4S. The standard InChI is InChI=1S/C19H23N3O4S/c1-3-25-15-6-4-5-14(9-15)21-18(23)13-8-16(26-11-13)10-20-19(24)17-7-12(2)27-22-17/h4-7,9,13,16H,3,8,10-11H2,1-2H3,(H,20,24)(H,21,23)/t13-,16-/m0/s1. The number of hydrogen-bond donors (Lipinski definition) is 2. The molecule has 0 radical (unpaired) electrons. The number of hydrogen-bond acceptors (Lipinski definition) is 6. The van der Waals surface area contributed by atoms with E-state index in [4.69, 9.17) is 9.47 Å². The summed E-state index contributed by atoms with van der Waals surface area (Å²) in [5.41, 5.74) is 1.11. The summed E-state index contributed by atoms with van der Waals surface area (Å²) < 4.78 is 15.2. The van der Waals surface area contributed by atoms with Crippen LogP contribution in [0.4, 0.5) is 5.69 Å². The summed E-state index contributed by atoms with van der Waals surface area (Å²) >= 11 is 1.30. The lowest BCUT2D eigenvalue weighted by molar-refractivity contribution is -0.119. The van der Waals surface area contributed by atoms with Crippen LogP contribution >= 0.6 is 11.5 Å². The number of carbonyl (C=O) groups is 2. The summed E-state index contributed by atoms with van der Waals surface area (Å²) in [5.74, 6) is 0.163. The molecule has 0 saturated carbocycles. The second kappa shape index (κ2) is 8.96. The van der Waals surface area contributed by atoms with Crippen molar-refractivity contribution in [3.05, 3.63) is 40.9 Å². The molecule has 3 rings (SSSR count). The molecule has 0 aliphatic carbocycles. The third-order valence-corrected chi connectivity index (χ3v) is 4.91. The van der Waals surface area contributed by atoms with Crippen molar-refractivity contribution in [1.82, 2.24) is 9.69 Å². The Labute approximate surface area is 162 Å². The Morgan fingerprint density at radius 2 is 2.22 bits per heavy atom. The minimum atomic E-state index is -0.246. The Morgan fingerprint density at radius 1 is 1.37 bits per heavy atom. The Balaban J connectivity index is 1.46. The number of rotatable bonds is 7. The number of benzene rings is 1. The molecule has 0 bridgehead atoms. The van der Waals surface area contributed by atoms with Crippen molar-refractivity contribution in [3.63, 3.8) is 0 Å². The van der Waals surface area contributed by atoms with E-state index >= 15 is 0 Å². The zero-order valence-corrected chi connectivity index (χ0v) is 16.2. The maximum Gasteiger partial charge on any atom is 0.271 e. The molecule has 1 aliphatic rings. The fourth-order valence-electron chi connectivity index (χ4n) is 2.88. The van der Waals surface area contributed by atoms with Crippen LogP contribution < -0.4 is 15.4 Å². The number of anilines is 1. The number of aryl methyl sites for hydroxylation is 1. The van der Waals surface area contributed by atoms with E-state index in [9.17, 15) is 9.59 Å². The highest BCUT2D eigenvalue weighted by atomic mass is 32.1. The topological polar surface area (TPSA) is 89.5 Å². The van der Waals surface area contributed by atoms with E-state index in [-0.39, 0.29) is 23.8 Å². The Kier molecular flexibility index (Phi) is 6.41. The van der Waals surface area contributed by atoms with E-state index in [0.29, 0.717) is 37.6 Å². The summed E-state index contributed by atoms with van der Waals surface area (Å²) in [4.78, 5) is 25.5. The molecule has 1 fully saturated rings. The van der Waals surface area contributed by atoms with Gasteiger partial charge in [0.25, 0.3) is 5.91 Å². The van der Waals surface area contributed by atoms with E-state index < -0.39 is 0 Å². The lowest BCUT2D eigenvalue weighted by Gasteiger charge is -2.12. The molecule has 1 aromatic heterocycles. The Bertz CT molecular complexity index is 808. The number of nitrogens with one attached hydrogen (secondary N) is 2. The molecule has 2 heterocycles. The highest BCUT2D eigenvalue weighted by Gasteiger charge is 2.31. The first-order valence-corrected chi connectivity index (χ1v) is 9.69. The van der Waals surface area contributed by atoms with Crippen molar-refractivity contribution in [2.45, 2.75) is 26.4 Å². The van der Waals surface area contributed by atoms with E-state index in [1.165, 1.54) is 11.5 Å². The van der Waals surface area contributed by atoms with E-state index in [0.717, 1.165) is 10.6 Å². The monoisotopic (exact) mass is 389 g/mol. The van der Waals surface area contributed by atoms with Crippen LogP contribution in [0.5, 0.6) is 5.75 Å². The van der Waals surface area contributed by atoms with Gasteiger partial charge in [-0.05, 0) is 50.0 Å². The molecule has 1 aliphatic heterocycles. The zero-order chi connectivity index (χ0) is 19.2. The second-order valence-corrected chi connectivity index (χ2v) is 7.38. The second-order valence-electron chi connectivity index (χ2n) is 6.37. The van der Waals surface area contributed by atoms with Crippen molar-refractivity contribution in [1.29, 1.82) is 0 Å². The number of ether oxygens (including phenoxy) is 2. The van der Waals surface area contributed by atoms with Gasteiger partial charge in [0.15, 0.2) is 0 Å². The highest BCUT2D eigenvalue weighted by Crippen LogP contribution is 2.23. The van der Waals surface area contributed by atoms with Gasteiger partial charge in [-0.1, -0.05) is 6.07 Å². The van der Waals surface area contributed by atoms with Crippen LogP contribution in [0, 0.1) is 12.8 Å². The lowest BCUT2D eigenvalue weighted by Crippen LogP contribution is -2.32. The van der Waals surface area contributed by atoms with Gasteiger partial charge in [0.05, 0.1) is 25.2 Å². The van der Waals surface area contributed by atoms with Crippen LogP contribution in [0.2, 0.25) is 0 Å². The molecule has 7 nitrogen and oxygen atoms in total. The number of aromatic nitrogens is 1. The van der Waals surface area contributed by atoms with Gasteiger partial charge in [0, 0.05) is 23.2 Å². The van der Waals surface area contributed by atoms with Gasteiger partial charge >= 0.3 is 0 Å². The molecule has 2 aromatic rings. The van der Waals surface area contributed by atoms with E-state index in [1.807, 2.05) is 32.0 Å². The summed E-state index contributed by atoms with van der Waals surface area (Å²) in [6, 6.07) is 9.06. The fraction of sp³-hybridized carbons (Fsp3) is 0.421. The predicted molar refractivity (Wildman–Crippen MR) is 103 cm³/mol. The van der Waals surface area contributed by atoms with E-state index in [1.54, 1.807) is 12.1 Å². The van der Waals surface area contributed by atoms with Crippen molar-refractivity contribution < 1.29 is 19.1 Å². The molecule has 8 heteroatoms. The third-order valence-electron chi connectivity index (χ3n) is 4.21. The summed E-state index contributed by atoms with van der Waals surface area (Å²) in [6.45, 7) is 5.09. The Morgan fingerprint density at radius 3 is 2.96 bits per heavy atom. The van der Waals surface area contributed by atoms with Gasteiger partial charge in [0.1, 0.15) is 11.4 Å². The predicted octanol–water partition coefficient (Wildman–Crippen LogP) is 2.62. The van der Waals surface area contributed by atoms with Crippen LogP contribution in [0.1, 0.15) is 28.7 Å². The van der Waals surface area contributed by atoms with Gasteiger partial charge in [0.2, 0.25) is 5.91 Å². The van der Waals surface area contributed by atoms with Crippen LogP contribution in [-0.2, 0) is 9.53 Å². The molecule has 2 atom stereocenters. The van der Waals surface area contributed by atoms with Crippen molar-refractivity contribution >= 4 is 29.0 Å². The number of nitrogens with zero attached hydrogens (tertiary/aromatic N) is 1. The minimum absolute atomic E-state index is 0.0902. The minimum Gasteiger partial charge on any atom is -0.494 e. The van der Waals surface area contributed by atoms with Crippen LogP contribution in [0.25, 0.3) is 0 Å². The van der Waals surface area contributed by atoms with Gasteiger partial charge in [-0.15, -0.1) is 0 Å². The van der Waals surface area contributed by atoms with Crippen molar-refractivity contribution in [2.75, 3.05) is 25.1 Å². The van der Waals surface area contributed by atoms with Crippen molar-refractivity contribution in [2.24, 2.45) is 5.92 Å². The average molecular weight is 389 g/mol. The maximum atomic E-state index is 12.5. The van der Waals surface area contributed by atoms with E-state index in [2.05, 4.69) is 15.0 Å². The highest BCUT2D eigenvalue weighted by molar-refractivity contribution is 7.05. The number of amides is 2. The van der Waals surface area contributed by atoms with Crippen LogP contribution in [-0.4, -0.2) is 42.1 Å². The first-order chi connectivity index (χ1) is 13.0. The summed E-state index contributed by atoms with van der Waals surface area (Å²) in [6.07, 6.45) is 0.382. The van der Waals surface area contributed by atoms with Crippen LogP contribution in [0.15, 0.2) is 30.3 Å². The maximum absolute atomic E-state index is 12.5. The van der Waals surface area contributed by atoms with Gasteiger partial charge < -0.3 is 20.1 Å².